The lowest BCUT2D eigenvalue weighted by Crippen LogP contribution is -2.13. The molecule has 0 amide bonds. The zero-order valence-corrected chi connectivity index (χ0v) is 8.98. The number of nitrogens with zero attached hydrogens (tertiary/aromatic N) is 2. The van der Waals surface area contributed by atoms with Crippen molar-refractivity contribution in [2.45, 2.75) is 6.42 Å². The Morgan fingerprint density at radius 2 is 2.06 bits per heavy atom. The van der Waals surface area contributed by atoms with Gasteiger partial charge in [0.1, 0.15) is 0 Å². The van der Waals surface area contributed by atoms with E-state index in [1.165, 1.54) is 12.2 Å². The third kappa shape index (κ3) is 1.81. The summed E-state index contributed by atoms with van der Waals surface area (Å²) in [7, 11) is -4.15. The fourth-order valence-corrected chi connectivity index (χ4v) is 2.21. The van der Waals surface area contributed by atoms with Gasteiger partial charge in [0.15, 0.2) is 0 Å². The Morgan fingerprint density at radius 1 is 1.31 bits per heavy atom. The quantitative estimate of drug-likeness (QED) is 0.422. The molecule has 6 heteroatoms. The summed E-state index contributed by atoms with van der Waals surface area (Å²) < 4.78 is 30.8. The number of rotatable bonds is 1. The molecule has 82 valence electrons. The van der Waals surface area contributed by atoms with Crippen LogP contribution >= 0.6 is 0 Å². The highest BCUT2D eigenvalue weighted by Crippen LogP contribution is 2.29. The van der Waals surface area contributed by atoms with E-state index in [0.29, 0.717) is 16.9 Å². The van der Waals surface area contributed by atoms with Gasteiger partial charge in [-0.3, -0.25) is 4.55 Å². The predicted molar refractivity (Wildman–Crippen MR) is 58.2 cm³/mol. The number of allylic oxidation sites excluding steroid dienone is 8. The standard InChI is InChI=1S/C10H8N2O3S/c11-12-10-3-1-2-7-6-8(16(13,14)15)4-5-9(7)10/h1-5H,6H2,(H,13,14,15). The van der Waals surface area contributed by atoms with Gasteiger partial charge in [-0.05, 0) is 17.7 Å². The Balaban J connectivity index is 2.52. The Labute approximate surface area is 92.5 Å². The van der Waals surface area contributed by atoms with Gasteiger partial charge in [-0.15, -0.1) is 0 Å². The summed E-state index contributed by atoms with van der Waals surface area (Å²) >= 11 is 0. The normalized spacial score (nSPS) is 19.3. The van der Waals surface area contributed by atoms with E-state index >= 15 is 0 Å². The van der Waals surface area contributed by atoms with E-state index in [-0.39, 0.29) is 11.3 Å². The topological polar surface area (TPSA) is 90.8 Å². The van der Waals surface area contributed by atoms with Crippen LogP contribution in [0, 0.1) is 0 Å². The van der Waals surface area contributed by atoms with Gasteiger partial charge in [0.05, 0.1) is 10.5 Å². The van der Waals surface area contributed by atoms with E-state index in [2.05, 4.69) is 4.79 Å². The Kier molecular flexibility index (Phi) is 2.47. The average Bonchev–Trinajstić information content (AvgIpc) is 2.26. The number of fused-ring (bicyclic) bond motifs is 1. The van der Waals surface area contributed by atoms with Gasteiger partial charge in [-0.1, -0.05) is 12.2 Å². The van der Waals surface area contributed by atoms with Crippen LogP contribution in [0.25, 0.3) is 5.53 Å². The van der Waals surface area contributed by atoms with Crippen LogP contribution < -0.4 is 0 Å². The van der Waals surface area contributed by atoms with Crippen molar-refractivity contribution in [3.8, 4) is 0 Å². The molecule has 0 unspecified atom stereocenters. The third-order valence-corrected chi connectivity index (χ3v) is 3.36. The van der Waals surface area contributed by atoms with Crippen LogP contribution in [0.5, 0.6) is 0 Å². The molecule has 0 aliphatic heterocycles. The summed E-state index contributed by atoms with van der Waals surface area (Å²) in [6, 6.07) is 0. The minimum Gasteiger partial charge on any atom is -0.361 e. The molecule has 0 atom stereocenters. The van der Waals surface area contributed by atoms with Gasteiger partial charge in [0, 0.05) is 12.5 Å². The molecule has 0 spiro atoms. The molecule has 0 aromatic carbocycles. The van der Waals surface area contributed by atoms with Gasteiger partial charge >= 0.3 is 5.71 Å². The van der Waals surface area contributed by atoms with Crippen molar-refractivity contribution in [2.75, 3.05) is 0 Å². The van der Waals surface area contributed by atoms with Crippen molar-refractivity contribution < 1.29 is 17.8 Å². The third-order valence-electron chi connectivity index (χ3n) is 2.41. The second-order valence-electron chi connectivity index (χ2n) is 3.40. The molecule has 0 saturated heterocycles. The minimum atomic E-state index is -4.15. The van der Waals surface area contributed by atoms with Gasteiger partial charge in [0.25, 0.3) is 10.1 Å². The molecule has 0 saturated carbocycles. The van der Waals surface area contributed by atoms with Crippen LogP contribution in [0.2, 0.25) is 0 Å². The van der Waals surface area contributed by atoms with Crippen molar-refractivity contribution >= 4 is 15.8 Å². The molecule has 0 fully saturated rings. The molecule has 0 bridgehead atoms. The number of hydrogen-bond acceptors (Lipinski definition) is 2. The number of hydrogen-bond donors (Lipinski definition) is 1. The maximum Gasteiger partial charge on any atom is 0.322 e. The van der Waals surface area contributed by atoms with Crippen LogP contribution in [-0.4, -0.2) is 23.5 Å². The molecule has 2 aliphatic carbocycles. The summed E-state index contributed by atoms with van der Waals surface area (Å²) in [5, 5.41) is 0. The van der Waals surface area contributed by atoms with Gasteiger partial charge in [-0.25, -0.2) is 0 Å². The first-order chi connectivity index (χ1) is 7.52. The smallest absolute Gasteiger partial charge is 0.322 e. The lowest BCUT2D eigenvalue weighted by atomic mass is 9.90. The Morgan fingerprint density at radius 3 is 2.69 bits per heavy atom. The first-order valence-corrected chi connectivity index (χ1v) is 5.95. The average molecular weight is 236 g/mol. The molecule has 0 radical (unpaired) electrons. The first-order valence-electron chi connectivity index (χ1n) is 4.51. The maximum absolute atomic E-state index is 10.9. The van der Waals surface area contributed by atoms with E-state index in [0.717, 1.165) is 0 Å². The molecule has 2 rings (SSSR count). The second kappa shape index (κ2) is 3.68. The largest absolute Gasteiger partial charge is 0.361 e. The maximum atomic E-state index is 10.9. The van der Waals surface area contributed by atoms with Gasteiger partial charge in [0.2, 0.25) is 0 Å². The monoisotopic (exact) mass is 236 g/mol. The molecule has 16 heavy (non-hydrogen) atoms. The van der Waals surface area contributed by atoms with Crippen LogP contribution in [-0.2, 0) is 10.1 Å². The molecule has 0 aromatic rings. The van der Waals surface area contributed by atoms with E-state index in [4.69, 9.17) is 10.1 Å². The van der Waals surface area contributed by atoms with Crippen LogP contribution in [0.3, 0.4) is 0 Å². The fraction of sp³-hybridized carbons (Fsp3) is 0.100. The molecule has 5 nitrogen and oxygen atoms in total. The lowest BCUT2D eigenvalue weighted by Gasteiger charge is -2.14. The van der Waals surface area contributed by atoms with E-state index in [1.807, 2.05) is 0 Å². The molecule has 1 N–H and O–H groups in total. The van der Waals surface area contributed by atoms with Crippen molar-refractivity contribution in [1.29, 1.82) is 0 Å². The Hall–Kier alpha value is -1.75. The predicted octanol–water partition coefficient (Wildman–Crippen LogP) is 1.26. The van der Waals surface area contributed by atoms with Crippen LogP contribution in [0.1, 0.15) is 6.42 Å². The van der Waals surface area contributed by atoms with Crippen molar-refractivity contribution in [1.82, 2.24) is 0 Å². The van der Waals surface area contributed by atoms with Crippen LogP contribution in [0.15, 0.2) is 46.4 Å². The van der Waals surface area contributed by atoms with E-state index in [1.54, 1.807) is 18.2 Å². The highest BCUT2D eigenvalue weighted by molar-refractivity contribution is 7.89. The van der Waals surface area contributed by atoms with Gasteiger partial charge < -0.3 is 5.53 Å². The molecule has 2 aliphatic rings. The fourth-order valence-electron chi connectivity index (χ4n) is 1.63. The lowest BCUT2D eigenvalue weighted by molar-refractivity contribution is -0.00239. The summed E-state index contributed by atoms with van der Waals surface area (Å²) in [5.74, 6) is 0. The zero-order valence-electron chi connectivity index (χ0n) is 8.16. The van der Waals surface area contributed by atoms with Crippen LogP contribution in [0.4, 0.5) is 0 Å². The molecule has 0 heterocycles. The summed E-state index contributed by atoms with van der Waals surface area (Å²) in [6.45, 7) is 0. The van der Waals surface area contributed by atoms with E-state index in [9.17, 15) is 8.42 Å². The zero-order chi connectivity index (χ0) is 11.8. The van der Waals surface area contributed by atoms with Crippen molar-refractivity contribution in [2.24, 2.45) is 0 Å². The Bertz CT molecular complexity index is 614. The van der Waals surface area contributed by atoms with E-state index < -0.39 is 10.1 Å². The molecule has 0 aromatic heterocycles. The van der Waals surface area contributed by atoms with Crippen molar-refractivity contribution in [3.05, 3.63) is 52.0 Å². The summed E-state index contributed by atoms with van der Waals surface area (Å²) in [5.41, 5.74) is 10.5. The molecular formula is C10H8N2O3S. The summed E-state index contributed by atoms with van der Waals surface area (Å²) in [4.78, 5) is 3.04. The highest BCUT2D eigenvalue weighted by atomic mass is 32.2. The molecular weight excluding hydrogens is 228 g/mol. The second-order valence-corrected chi connectivity index (χ2v) is 4.88. The SMILES string of the molecule is [N-]=[N+]=C1C=CC=C2CC(S(=O)(=O)O)=CC=C21. The van der Waals surface area contributed by atoms with Crippen molar-refractivity contribution in [3.63, 3.8) is 0 Å². The first kappa shape index (κ1) is 10.8. The minimum absolute atomic E-state index is 0.0601. The highest BCUT2D eigenvalue weighted by Gasteiger charge is 2.26. The van der Waals surface area contributed by atoms with Gasteiger partial charge in [-0.2, -0.15) is 13.2 Å². The summed E-state index contributed by atoms with van der Waals surface area (Å²) in [6.07, 6.45) is 7.92.